The van der Waals surface area contributed by atoms with E-state index in [9.17, 15) is 9.90 Å². The fourth-order valence-corrected chi connectivity index (χ4v) is 2.91. The highest BCUT2D eigenvalue weighted by atomic mass is 35.5. The Hall–Kier alpha value is -1.42. The zero-order chi connectivity index (χ0) is 15.7. The van der Waals surface area contributed by atoms with Crippen molar-refractivity contribution >= 4 is 28.9 Å². The van der Waals surface area contributed by atoms with Gasteiger partial charge in [-0.1, -0.05) is 32.4 Å². The third kappa shape index (κ3) is 4.60. The lowest BCUT2D eigenvalue weighted by Gasteiger charge is -2.35. The highest BCUT2D eigenvalue weighted by Crippen LogP contribution is 2.35. The van der Waals surface area contributed by atoms with Crippen molar-refractivity contribution in [1.82, 2.24) is 0 Å². The number of hydrogen-bond donors (Lipinski definition) is 3. The molecule has 112 valence electrons. The Labute approximate surface area is 125 Å². The second kappa shape index (κ2) is 5.52. The van der Waals surface area contributed by atoms with Crippen LogP contribution in [0.5, 0.6) is 0 Å². The van der Waals surface area contributed by atoms with Gasteiger partial charge >= 0.3 is 5.97 Å². The van der Waals surface area contributed by atoms with E-state index >= 15 is 0 Å². The molecule has 0 radical (unpaired) electrons. The molecule has 0 spiro atoms. The molecular weight excluding hydrogens is 276 g/mol. The van der Waals surface area contributed by atoms with Crippen molar-refractivity contribution in [3.05, 3.63) is 22.7 Å². The Morgan fingerprint density at radius 2 is 1.85 bits per heavy atom. The fraction of sp³-hybridized carbons (Fsp3) is 0.533. The molecule has 0 bridgehead atoms. The summed E-state index contributed by atoms with van der Waals surface area (Å²) in [4.78, 5) is 11.3. The van der Waals surface area contributed by atoms with E-state index in [0.717, 1.165) is 6.42 Å². The van der Waals surface area contributed by atoms with Crippen LogP contribution in [-0.2, 0) is 0 Å². The van der Waals surface area contributed by atoms with Gasteiger partial charge in [0.05, 0.1) is 16.3 Å². The smallest absolute Gasteiger partial charge is 0.337 e. The summed E-state index contributed by atoms with van der Waals surface area (Å²) in [5, 5.41) is 12.9. The summed E-state index contributed by atoms with van der Waals surface area (Å²) < 4.78 is 0. The number of halogens is 1. The van der Waals surface area contributed by atoms with E-state index in [2.05, 4.69) is 26.1 Å². The quantitative estimate of drug-likeness (QED) is 0.726. The summed E-state index contributed by atoms with van der Waals surface area (Å²) in [6.45, 7) is 10.5. The van der Waals surface area contributed by atoms with Crippen molar-refractivity contribution in [3.63, 3.8) is 0 Å². The number of rotatable bonds is 4. The summed E-state index contributed by atoms with van der Waals surface area (Å²) in [5.74, 6) is -1.05. The average molecular weight is 299 g/mol. The lowest BCUT2D eigenvalue weighted by Crippen LogP contribution is -2.36. The average Bonchev–Trinajstić information content (AvgIpc) is 2.17. The van der Waals surface area contributed by atoms with E-state index in [-0.39, 0.29) is 16.5 Å². The van der Waals surface area contributed by atoms with E-state index in [1.54, 1.807) is 6.07 Å². The fourth-order valence-electron chi connectivity index (χ4n) is 2.63. The molecule has 0 fully saturated rings. The zero-order valence-corrected chi connectivity index (χ0v) is 13.4. The van der Waals surface area contributed by atoms with Crippen LogP contribution >= 0.6 is 11.6 Å². The second-order valence-electron chi connectivity index (χ2n) is 6.98. The van der Waals surface area contributed by atoms with Crippen molar-refractivity contribution in [3.8, 4) is 0 Å². The highest BCUT2D eigenvalue weighted by molar-refractivity contribution is 6.34. The molecule has 1 rings (SSSR count). The van der Waals surface area contributed by atoms with Crippen LogP contribution in [0.4, 0.5) is 11.4 Å². The summed E-state index contributed by atoms with van der Waals surface area (Å²) >= 11 is 6.15. The Bertz CT molecular complexity index is 519. The van der Waals surface area contributed by atoms with Gasteiger partial charge in [0.15, 0.2) is 0 Å². The number of hydrogen-bond acceptors (Lipinski definition) is 3. The lowest BCUT2D eigenvalue weighted by atomic mass is 9.81. The van der Waals surface area contributed by atoms with Crippen molar-refractivity contribution in [2.45, 2.75) is 46.6 Å². The number of nitrogen functional groups attached to an aromatic ring is 1. The summed E-state index contributed by atoms with van der Waals surface area (Å²) in [6, 6.07) is 2.98. The summed E-state index contributed by atoms with van der Waals surface area (Å²) in [7, 11) is 0. The maximum Gasteiger partial charge on any atom is 0.337 e. The monoisotopic (exact) mass is 298 g/mol. The van der Waals surface area contributed by atoms with Gasteiger partial charge in [-0.2, -0.15) is 0 Å². The van der Waals surface area contributed by atoms with Gasteiger partial charge in [0.1, 0.15) is 0 Å². The number of benzene rings is 1. The second-order valence-corrected chi connectivity index (χ2v) is 7.38. The van der Waals surface area contributed by atoms with Crippen LogP contribution in [0.3, 0.4) is 0 Å². The Morgan fingerprint density at radius 1 is 1.30 bits per heavy atom. The molecule has 0 amide bonds. The number of anilines is 2. The number of nitrogens with two attached hydrogens (primary N) is 1. The molecule has 0 aliphatic carbocycles. The summed E-state index contributed by atoms with van der Waals surface area (Å²) in [5.41, 5.74) is 6.33. The first-order chi connectivity index (χ1) is 8.91. The van der Waals surface area contributed by atoms with E-state index in [1.165, 1.54) is 6.07 Å². The van der Waals surface area contributed by atoms with Gasteiger partial charge in [0.2, 0.25) is 0 Å². The van der Waals surface area contributed by atoms with Crippen LogP contribution in [0, 0.1) is 5.41 Å². The van der Waals surface area contributed by atoms with Gasteiger partial charge in [-0.25, -0.2) is 4.79 Å². The molecule has 0 aromatic heterocycles. The maximum atomic E-state index is 11.3. The minimum absolute atomic E-state index is 0.0944. The predicted octanol–water partition coefficient (Wildman–Crippen LogP) is 4.25. The molecular formula is C15H23ClN2O2. The largest absolute Gasteiger partial charge is 0.478 e. The third-order valence-corrected chi connectivity index (χ3v) is 3.08. The topological polar surface area (TPSA) is 75.3 Å². The van der Waals surface area contributed by atoms with Gasteiger partial charge in [-0.3, -0.25) is 0 Å². The minimum Gasteiger partial charge on any atom is -0.478 e. The van der Waals surface area contributed by atoms with Crippen LogP contribution in [0.2, 0.25) is 5.02 Å². The normalized spacial score (nSPS) is 12.3. The molecule has 1 aromatic rings. The van der Waals surface area contributed by atoms with Crippen LogP contribution < -0.4 is 11.1 Å². The van der Waals surface area contributed by atoms with Crippen molar-refractivity contribution in [2.75, 3.05) is 11.1 Å². The van der Waals surface area contributed by atoms with Gasteiger partial charge in [0, 0.05) is 11.2 Å². The van der Waals surface area contributed by atoms with Gasteiger partial charge < -0.3 is 16.2 Å². The number of nitrogens with one attached hydrogen (secondary N) is 1. The third-order valence-electron chi connectivity index (χ3n) is 2.78. The van der Waals surface area contributed by atoms with Gasteiger partial charge in [-0.15, -0.1) is 0 Å². The molecule has 1 aromatic carbocycles. The first-order valence-electron chi connectivity index (χ1n) is 6.52. The van der Waals surface area contributed by atoms with Gasteiger partial charge in [0.25, 0.3) is 0 Å². The van der Waals surface area contributed by atoms with E-state index in [4.69, 9.17) is 17.3 Å². The first-order valence-corrected chi connectivity index (χ1v) is 6.90. The minimum atomic E-state index is -1.05. The number of carbonyl (C=O) groups is 1. The molecule has 0 aliphatic rings. The van der Waals surface area contributed by atoms with Crippen molar-refractivity contribution in [1.29, 1.82) is 0 Å². The molecule has 5 heteroatoms. The van der Waals surface area contributed by atoms with Crippen molar-refractivity contribution < 1.29 is 9.90 Å². The molecule has 0 unspecified atom stereocenters. The lowest BCUT2D eigenvalue weighted by molar-refractivity contribution is 0.0698. The van der Waals surface area contributed by atoms with E-state index in [0.29, 0.717) is 16.4 Å². The van der Waals surface area contributed by atoms with Crippen molar-refractivity contribution in [2.24, 2.45) is 5.41 Å². The van der Waals surface area contributed by atoms with Crippen LogP contribution in [0.15, 0.2) is 12.1 Å². The molecule has 4 N–H and O–H groups in total. The number of carboxylic acids is 1. The van der Waals surface area contributed by atoms with Gasteiger partial charge in [-0.05, 0) is 37.8 Å². The molecule has 20 heavy (non-hydrogen) atoms. The molecule has 0 saturated heterocycles. The SMILES string of the molecule is CC(C)(C)CC(C)(C)Nc1c(Cl)cc(N)cc1C(=O)O. The first kappa shape index (κ1) is 16.6. The van der Waals surface area contributed by atoms with Crippen LogP contribution in [0.1, 0.15) is 51.4 Å². The molecule has 4 nitrogen and oxygen atoms in total. The van der Waals surface area contributed by atoms with E-state index < -0.39 is 5.97 Å². The predicted molar refractivity (Wildman–Crippen MR) is 84.6 cm³/mol. The summed E-state index contributed by atoms with van der Waals surface area (Å²) in [6.07, 6.45) is 0.861. The Morgan fingerprint density at radius 3 is 2.30 bits per heavy atom. The number of aromatic carboxylic acids is 1. The highest BCUT2D eigenvalue weighted by Gasteiger charge is 2.27. The molecule has 0 heterocycles. The molecule has 0 aliphatic heterocycles. The Kier molecular flexibility index (Phi) is 4.59. The zero-order valence-electron chi connectivity index (χ0n) is 12.7. The van der Waals surface area contributed by atoms with E-state index in [1.807, 2.05) is 13.8 Å². The molecule has 0 atom stereocenters. The maximum absolute atomic E-state index is 11.3. The van der Waals surface area contributed by atoms with Crippen LogP contribution in [0.25, 0.3) is 0 Å². The van der Waals surface area contributed by atoms with Crippen LogP contribution in [-0.4, -0.2) is 16.6 Å². The standard InChI is InChI=1S/C15H23ClN2O2/c1-14(2,3)8-15(4,5)18-12-10(13(19)20)6-9(17)7-11(12)16/h6-7,18H,8,17H2,1-5H3,(H,19,20). The number of carboxylic acid groups (broad SMARTS) is 1. The Balaban J connectivity index is 3.17. The molecule has 0 saturated carbocycles.